The molecule has 0 radical (unpaired) electrons. The van der Waals surface area contributed by atoms with Crippen molar-refractivity contribution in [3.63, 3.8) is 0 Å². The lowest BCUT2D eigenvalue weighted by Gasteiger charge is -2.23. The van der Waals surface area contributed by atoms with Crippen LogP contribution >= 0.6 is 15.9 Å². The highest BCUT2D eigenvalue weighted by Gasteiger charge is 2.27. The van der Waals surface area contributed by atoms with Crippen molar-refractivity contribution < 1.29 is 24.2 Å². The minimum atomic E-state index is -0.968. The summed E-state index contributed by atoms with van der Waals surface area (Å²) in [5.74, 6) is 0.276. The number of nitrogens with zero attached hydrogens (tertiary/aromatic N) is 1. The van der Waals surface area contributed by atoms with Gasteiger partial charge >= 0.3 is 12.0 Å². The summed E-state index contributed by atoms with van der Waals surface area (Å²) < 4.78 is 12.1. The van der Waals surface area contributed by atoms with Crippen LogP contribution in [0.2, 0.25) is 0 Å². The van der Waals surface area contributed by atoms with Crippen molar-refractivity contribution in [1.82, 2.24) is 4.90 Å². The van der Waals surface area contributed by atoms with Crippen LogP contribution in [0.3, 0.4) is 0 Å². The lowest BCUT2D eigenvalue weighted by atomic mass is 10.1. The Morgan fingerprint density at radius 1 is 1.16 bits per heavy atom. The fraction of sp³-hybridized carbons (Fsp3) is 0.417. The Morgan fingerprint density at radius 2 is 1.84 bits per heavy atom. The smallest absolute Gasteiger partial charge is 0.333 e. The maximum Gasteiger partial charge on any atom is 0.333 e. The largest absolute Gasteiger partial charge is 0.492 e. The van der Waals surface area contributed by atoms with Gasteiger partial charge in [0, 0.05) is 29.7 Å². The molecule has 1 aliphatic carbocycles. The molecule has 3 rings (SSSR count). The molecular weight excluding hydrogens is 476 g/mol. The predicted molar refractivity (Wildman–Crippen MR) is 126 cm³/mol. The minimum absolute atomic E-state index is 0.131. The number of nitrogens with one attached hydrogen (secondary N) is 1. The van der Waals surface area contributed by atoms with Crippen LogP contribution < -0.4 is 10.1 Å². The third-order valence-corrected chi connectivity index (χ3v) is 5.70. The van der Waals surface area contributed by atoms with Crippen LogP contribution in [0, 0.1) is 5.92 Å². The molecule has 2 amide bonds. The van der Waals surface area contributed by atoms with Crippen molar-refractivity contribution in [1.29, 1.82) is 0 Å². The molecule has 1 fully saturated rings. The quantitative estimate of drug-likeness (QED) is 0.433. The number of carbonyl (C=O) groups excluding carboxylic acids is 1. The van der Waals surface area contributed by atoms with Gasteiger partial charge < -0.3 is 24.8 Å². The number of hydrogen-bond donors (Lipinski definition) is 2. The molecule has 172 valence electrons. The van der Waals surface area contributed by atoms with Crippen molar-refractivity contribution >= 4 is 33.6 Å². The van der Waals surface area contributed by atoms with Gasteiger partial charge in [0.15, 0.2) is 6.10 Å². The lowest BCUT2D eigenvalue weighted by Crippen LogP contribution is -2.39. The summed E-state index contributed by atoms with van der Waals surface area (Å²) in [6.45, 7) is 3.70. The first kappa shape index (κ1) is 24.1. The molecule has 32 heavy (non-hydrogen) atoms. The van der Waals surface area contributed by atoms with Crippen LogP contribution in [-0.4, -0.2) is 54.4 Å². The highest BCUT2D eigenvalue weighted by molar-refractivity contribution is 9.10. The molecule has 7 nitrogen and oxygen atoms in total. The van der Waals surface area contributed by atoms with E-state index in [1.165, 1.54) is 0 Å². The highest BCUT2D eigenvalue weighted by Crippen LogP contribution is 2.30. The summed E-state index contributed by atoms with van der Waals surface area (Å²) in [6, 6.07) is 14.7. The lowest BCUT2D eigenvalue weighted by molar-refractivity contribution is -0.149. The number of rotatable bonds is 12. The Kier molecular flexibility index (Phi) is 8.93. The third kappa shape index (κ3) is 7.84. The summed E-state index contributed by atoms with van der Waals surface area (Å²) in [5, 5.41) is 12.2. The average Bonchev–Trinajstić information content (AvgIpc) is 3.59. The fourth-order valence-electron chi connectivity index (χ4n) is 3.25. The first-order valence-electron chi connectivity index (χ1n) is 10.8. The van der Waals surface area contributed by atoms with E-state index in [-0.39, 0.29) is 6.03 Å². The van der Waals surface area contributed by atoms with Crippen molar-refractivity contribution in [2.45, 2.75) is 32.3 Å². The second kappa shape index (κ2) is 11.9. The zero-order valence-corrected chi connectivity index (χ0v) is 19.7. The van der Waals surface area contributed by atoms with E-state index in [2.05, 4.69) is 21.2 Å². The first-order valence-corrected chi connectivity index (χ1v) is 11.6. The summed E-state index contributed by atoms with van der Waals surface area (Å²) in [7, 11) is 0. The second-order valence-corrected chi connectivity index (χ2v) is 8.72. The van der Waals surface area contributed by atoms with Gasteiger partial charge in [-0.2, -0.15) is 0 Å². The third-order valence-electron chi connectivity index (χ3n) is 5.18. The standard InChI is InChI=1S/C24H29BrN2O5/c1-2-31-22(23(28)29)15-17-5-11-21(12-6-17)32-14-13-27(16-18-3-4-18)24(30)26-20-9-7-19(25)8-10-20/h5-12,18,22H,2-4,13-16H2,1H3,(H,26,30)(H,28,29). The van der Waals surface area contributed by atoms with Crippen molar-refractivity contribution in [3.8, 4) is 5.75 Å². The molecular formula is C24H29BrN2O5. The van der Waals surface area contributed by atoms with E-state index >= 15 is 0 Å². The van der Waals surface area contributed by atoms with Crippen molar-refractivity contribution in [2.75, 3.05) is 31.6 Å². The summed E-state index contributed by atoms with van der Waals surface area (Å²) in [5.41, 5.74) is 1.62. The SMILES string of the molecule is CCOC(Cc1ccc(OCCN(CC2CC2)C(=O)Nc2ccc(Br)cc2)cc1)C(=O)O. The van der Waals surface area contributed by atoms with E-state index in [1.807, 2.05) is 48.5 Å². The van der Waals surface area contributed by atoms with E-state index in [0.717, 1.165) is 35.1 Å². The molecule has 0 aliphatic heterocycles. The van der Waals surface area contributed by atoms with Crippen LogP contribution in [0.25, 0.3) is 0 Å². The zero-order valence-electron chi connectivity index (χ0n) is 18.1. The maximum absolute atomic E-state index is 12.7. The maximum atomic E-state index is 12.7. The number of urea groups is 1. The molecule has 0 spiro atoms. The van der Waals surface area contributed by atoms with Gasteiger partial charge in [-0.05, 0) is 67.6 Å². The molecule has 1 aliphatic rings. The van der Waals surface area contributed by atoms with Gasteiger partial charge in [0.05, 0.1) is 6.54 Å². The predicted octanol–water partition coefficient (Wildman–Crippen LogP) is 4.80. The number of halogens is 1. The van der Waals surface area contributed by atoms with Gasteiger partial charge in [-0.25, -0.2) is 9.59 Å². The number of carboxylic acids is 1. The summed E-state index contributed by atoms with van der Waals surface area (Å²) in [6.07, 6.45) is 1.76. The molecule has 1 atom stereocenters. The van der Waals surface area contributed by atoms with E-state index < -0.39 is 12.1 Å². The fourth-order valence-corrected chi connectivity index (χ4v) is 3.52. The number of hydrogen-bond acceptors (Lipinski definition) is 4. The normalized spacial score (nSPS) is 13.9. The van der Waals surface area contributed by atoms with Crippen LogP contribution in [0.4, 0.5) is 10.5 Å². The molecule has 8 heteroatoms. The van der Waals surface area contributed by atoms with Crippen LogP contribution in [0.1, 0.15) is 25.3 Å². The molecule has 2 aromatic rings. The Labute approximate surface area is 196 Å². The molecule has 0 heterocycles. The van der Waals surface area contributed by atoms with E-state index in [9.17, 15) is 14.7 Å². The first-order chi connectivity index (χ1) is 15.4. The number of benzene rings is 2. The molecule has 0 bridgehead atoms. The number of ether oxygens (including phenoxy) is 2. The van der Waals surface area contributed by atoms with E-state index in [0.29, 0.717) is 37.8 Å². The van der Waals surface area contributed by atoms with Gasteiger partial charge in [-0.1, -0.05) is 28.1 Å². The van der Waals surface area contributed by atoms with Gasteiger partial charge in [0.1, 0.15) is 12.4 Å². The molecule has 0 saturated heterocycles. The summed E-state index contributed by atoms with van der Waals surface area (Å²) >= 11 is 3.40. The Hall–Kier alpha value is -2.58. The van der Waals surface area contributed by atoms with Crippen molar-refractivity contribution in [3.05, 3.63) is 58.6 Å². The minimum Gasteiger partial charge on any atom is -0.492 e. The van der Waals surface area contributed by atoms with Crippen LogP contribution in [0.15, 0.2) is 53.0 Å². The Morgan fingerprint density at radius 3 is 2.44 bits per heavy atom. The van der Waals surface area contributed by atoms with Gasteiger partial charge in [0.25, 0.3) is 0 Å². The molecule has 2 aromatic carbocycles. The Balaban J connectivity index is 1.50. The Bertz CT molecular complexity index is 884. The van der Waals surface area contributed by atoms with E-state index in [1.54, 1.807) is 11.8 Å². The molecule has 1 saturated carbocycles. The topological polar surface area (TPSA) is 88.1 Å². The second-order valence-electron chi connectivity index (χ2n) is 7.81. The molecule has 1 unspecified atom stereocenters. The number of carboxylic acid groups (broad SMARTS) is 1. The van der Waals surface area contributed by atoms with Gasteiger partial charge in [0.2, 0.25) is 0 Å². The van der Waals surface area contributed by atoms with E-state index in [4.69, 9.17) is 9.47 Å². The number of aliphatic carboxylic acids is 1. The van der Waals surface area contributed by atoms with Crippen LogP contribution in [0.5, 0.6) is 5.75 Å². The van der Waals surface area contributed by atoms with Crippen molar-refractivity contribution in [2.24, 2.45) is 5.92 Å². The number of carbonyl (C=O) groups is 2. The highest BCUT2D eigenvalue weighted by atomic mass is 79.9. The monoisotopic (exact) mass is 504 g/mol. The average molecular weight is 505 g/mol. The van der Waals surface area contributed by atoms with Gasteiger partial charge in [-0.15, -0.1) is 0 Å². The molecule has 2 N–H and O–H groups in total. The zero-order chi connectivity index (χ0) is 22.9. The van der Waals surface area contributed by atoms with Gasteiger partial charge in [-0.3, -0.25) is 0 Å². The molecule has 0 aromatic heterocycles. The summed E-state index contributed by atoms with van der Waals surface area (Å²) in [4.78, 5) is 25.8. The van der Waals surface area contributed by atoms with Crippen LogP contribution in [-0.2, 0) is 16.0 Å². The number of anilines is 1. The number of amides is 2.